The van der Waals surface area contributed by atoms with Gasteiger partial charge in [-0.3, -0.25) is 4.90 Å². The first-order valence-corrected chi connectivity index (χ1v) is 8.09. The predicted octanol–water partition coefficient (Wildman–Crippen LogP) is 3.33. The fourth-order valence-electron chi connectivity index (χ4n) is 3.46. The molecule has 2 N–H and O–H groups in total. The van der Waals surface area contributed by atoms with Gasteiger partial charge in [0.25, 0.3) is 0 Å². The SMILES string of the molecule is CN(C1CCCCC1)C(CN)c1cc(Cl)c2c(c1)OCO2. The second-order valence-electron chi connectivity index (χ2n) is 5.95. The Bertz CT molecular complexity index is 503. The van der Waals surface area contributed by atoms with Gasteiger partial charge < -0.3 is 15.2 Å². The monoisotopic (exact) mass is 310 g/mol. The van der Waals surface area contributed by atoms with Crippen LogP contribution in [0.1, 0.15) is 43.7 Å². The Kier molecular flexibility index (Phi) is 4.57. The zero-order valence-corrected chi connectivity index (χ0v) is 13.2. The molecule has 5 heteroatoms. The van der Waals surface area contributed by atoms with Crippen LogP contribution in [0.15, 0.2) is 12.1 Å². The molecule has 21 heavy (non-hydrogen) atoms. The summed E-state index contributed by atoms with van der Waals surface area (Å²) in [5.41, 5.74) is 7.16. The Labute approximate surface area is 131 Å². The van der Waals surface area contributed by atoms with Gasteiger partial charge in [-0.2, -0.15) is 0 Å². The zero-order chi connectivity index (χ0) is 14.8. The van der Waals surface area contributed by atoms with Crippen LogP contribution in [0.25, 0.3) is 0 Å². The molecule has 0 spiro atoms. The van der Waals surface area contributed by atoms with E-state index in [0.29, 0.717) is 23.4 Å². The lowest BCUT2D eigenvalue weighted by molar-refractivity contribution is 0.140. The van der Waals surface area contributed by atoms with E-state index in [2.05, 4.69) is 11.9 Å². The third-order valence-corrected chi connectivity index (χ3v) is 4.98. The summed E-state index contributed by atoms with van der Waals surface area (Å²) in [7, 11) is 2.17. The van der Waals surface area contributed by atoms with Crippen LogP contribution in [0.3, 0.4) is 0 Å². The standard InChI is InChI=1S/C16H23ClN2O2/c1-19(12-5-3-2-4-6-12)14(9-18)11-7-13(17)16-15(8-11)20-10-21-16/h7-8,12,14H,2-6,9-10,18H2,1H3. The lowest BCUT2D eigenvalue weighted by Gasteiger charge is -2.37. The first kappa shape index (κ1) is 14.9. The number of hydrogen-bond donors (Lipinski definition) is 1. The molecule has 4 nitrogen and oxygen atoms in total. The van der Waals surface area contributed by atoms with Gasteiger partial charge in [0.2, 0.25) is 6.79 Å². The molecule has 1 aromatic rings. The van der Waals surface area contributed by atoms with Gasteiger partial charge in [0, 0.05) is 18.6 Å². The van der Waals surface area contributed by atoms with Crippen molar-refractivity contribution >= 4 is 11.6 Å². The summed E-state index contributed by atoms with van der Waals surface area (Å²) in [4.78, 5) is 2.41. The molecule has 0 saturated heterocycles. The predicted molar refractivity (Wildman–Crippen MR) is 84.0 cm³/mol. The van der Waals surface area contributed by atoms with Crippen molar-refractivity contribution in [2.45, 2.75) is 44.2 Å². The van der Waals surface area contributed by atoms with Gasteiger partial charge in [0.1, 0.15) is 0 Å². The Morgan fingerprint density at radius 2 is 2.05 bits per heavy atom. The molecule has 1 fully saturated rings. The van der Waals surface area contributed by atoms with E-state index < -0.39 is 0 Å². The van der Waals surface area contributed by atoms with Gasteiger partial charge >= 0.3 is 0 Å². The highest BCUT2D eigenvalue weighted by molar-refractivity contribution is 6.32. The van der Waals surface area contributed by atoms with E-state index in [1.54, 1.807) is 0 Å². The highest BCUT2D eigenvalue weighted by Gasteiger charge is 2.27. The van der Waals surface area contributed by atoms with Crippen LogP contribution in [-0.4, -0.2) is 31.3 Å². The van der Waals surface area contributed by atoms with Crippen molar-refractivity contribution in [3.8, 4) is 11.5 Å². The summed E-state index contributed by atoms with van der Waals surface area (Å²) in [6.07, 6.45) is 6.49. The molecule has 1 aliphatic heterocycles. The van der Waals surface area contributed by atoms with Crippen molar-refractivity contribution in [2.24, 2.45) is 5.73 Å². The van der Waals surface area contributed by atoms with E-state index >= 15 is 0 Å². The molecule has 0 bridgehead atoms. The van der Waals surface area contributed by atoms with E-state index in [0.717, 1.165) is 11.3 Å². The highest BCUT2D eigenvalue weighted by Crippen LogP contribution is 2.42. The Morgan fingerprint density at radius 1 is 1.29 bits per heavy atom. The van der Waals surface area contributed by atoms with Crippen LogP contribution in [0.4, 0.5) is 0 Å². The van der Waals surface area contributed by atoms with Crippen LogP contribution in [0.2, 0.25) is 5.02 Å². The highest BCUT2D eigenvalue weighted by atomic mass is 35.5. The normalized spacial score (nSPS) is 20.0. The molecule has 1 saturated carbocycles. The topological polar surface area (TPSA) is 47.7 Å². The van der Waals surface area contributed by atoms with E-state index in [9.17, 15) is 0 Å². The lowest BCUT2D eigenvalue weighted by Crippen LogP contribution is -2.39. The van der Waals surface area contributed by atoms with Crippen molar-refractivity contribution < 1.29 is 9.47 Å². The third kappa shape index (κ3) is 2.98. The molecule has 1 atom stereocenters. The molecule has 116 valence electrons. The Balaban J connectivity index is 1.84. The summed E-state index contributed by atoms with van der Waals surface area (Å²) in [6, 6.07) is 4.76. The molecule has 0 aromatic heterocycles. The maximum Gasteiger partial charge on any atom is 0.231 e. The number of rotatable bonds is 4. The van der Waals surface area contributed by atoms with Gasteiger partial charge in [0.05, 0.1) is 5.02 Å². The fourth-order valence-corrected chi connectivity index (χ4v) is 3.73. The van der Waals surface area contributed by atoms with Gasteiger partial charge in [-0.05, 0) is 37.6 Å². The second kappa shape index (κ2) is 6.42. The van der Waals surface area contributed by atoms with E-state index in [4.69, 9.17) is 26.8 Å². The van der Waals surface area contributed by atoms with Gasteiger partial charge in [-0.1, -0.05) is 30.9 Å². The molecule has 1 heterocycles. The Morgan fingerprint density at radius 3 is 2.76 bits per heavy atom. The van der Waals surface area contributed by atoms with Crippen LogP contribution < -0.4 is 15.2 Å². The minimum Gasteiger partial charge on any atom is -0.454 e. The first-order valence-electron chi connectivity index (χ1n) is 7.71. The summed E-state index contributed by atoms with van der Waals surface area (Å²) in [6.45, 7) is 0.813. The van der Waals surface area contributed by atoms with E-state index in [1.165, 1.54) is 32.1 Å². The molecule has 1 unspecified atom stereocenters. The average Bonchev–Trinajstić information content (AvgIpc) is 2.98. The summed E-state index contributed by atoms with van der Waals surface area (Å²) < 4.78 is 10.8. The molecular formula is C16H23ClN2O2. The van der Waals surface area contributed by atoms with Crippen molar-refractivity contribution in [1.29, 1.82) is 0 Å². The number of benzene rings is 1. The smallest absolute Gasteiger partial charge is 0.231 e. The molecular weight excluding hydrogens is 288 g/mol. The van der Waals surface area contributed by atoms with Gasteiger partial charge in [-0.15, -0.1) is 0 Å². The number of likely N-dealkylation sites (N-methyl/N-ethyl adjacent to an activating group) is 1. The maximum atomic E-state index is 6.30. The molecule has 0 radical (unpaired) electrons. The van der Waals surface area contributed by atoms with Crippen molar-refractivity contribution in [3.63, 3.8) is 0 Å². The van der Waals surface area contributed by atoms with E-state index in [-0.39, 0.29) is 12.8 Å². The second-order valence-corrected chi connectivity index (χ2v) is 6.35. The summed E-state index contributed by atoms with van der Waals surface area (Å²) in [5, 5.41) is 0.607. The minimum atomic E-state index is 0.167. The van der Waals surface area contributed by atoms with Crippen LogP contribution in [-0.2, 0) is 0 Å². The van der Waals surface area contributed by atoms with Crippen LogP contribution >= 0.6 is 11.6 Å². The third-order valence-electron chi connectivity index (χ3n) is 4.70. The lowest BCUT2D eigenvalue weighted by atomic mass is 9.92. The summed E-state index contributed by atoms with van der Waals surface area (Å²) >= 11 is 6.30. The average molecular weight is 311 g/mol. The fraction of sp³-hybridized carbons (Fsp3) is 0.625. The van der Waals surface area contributed by atoms with Crippen LogP contribution in [0, 0.1) is 0 Å². The van der Waals surface area contributed by atoms with Crippen molar-refractivity contribution in [1.82, 2.24) is 4.90 Å². The molecule has 1 aliphatic carbocycles. The van der Waals surface area contributed by atoms with Crippen molar-refractivity contribution in [2.75, 3.05) is 20.4 Å². The quantitative estimate of drug-likeness (QED) is 0.926. The number of fused-ring (bicyclic) bond motifs is 1. The Hall–Kier alpha value is -0.970. The maximum absolute atomic E-state index is 6.30. The van der Waals surface area contributed by atoms with E-state index in [1.807, 2.05) is 12.1 Å². The number of nitrogens with zero attached hydrogens (tertiary/aromatic N) is 1. The molecule has 2 aliphatic rings. The minimum absolute atomic E-state index is 0.167. The molecule has 3 rings (SSSR count). The van der Waals surface area contributed by atoms with Crippen LogP contribution in [0.5, 0.6) is 11.5 Å². The van der Waals surface area contributed by atoms with Gasteiger partial charge in [-0.25, -0.2) is 0 Å². The molecule has 1 aromatic carbocycles. The first-order chi connectivity index (χ1) is 10.2. The number of hydrogen-bond acceptors (Lipinski definition) is 4. The largest absolute Gasteiger partial charge is 0.454 e. The van der Waals surface area contributed by atoms with Gasteiger partial charge in [0.15, 0.2) is 11.5 Å². The number of halogens is 1. The number of nitrogens with two attached hydrogens (primary N) is 1. The zero-order valence-electron chi connectivity index (χ0n) is 12.5. The summed E-state index contributed by atoms with van der Waals surface area (Å²) in [5.74, 6) is 1.38. The molecule has 0 amide bonds. The number of ether oxygens (including phenoxy) is 2. The van der Waals surface area contributed by atoms with Crippen molar-refractivity contribution in [3.05, 3.63) is 22.7 Å².